The molecule has 2 aromatic rings. The molecule has 0 aliphatic carbocycles. The van der Waals surface area contributed by atoms with E-state index in [-0.39, 0.29) is 5.88 Å². The lowest BCUT2D eigenvalue weighted by molar-refractivity contribution is 0.459. The number of H-pyrrole nitrogens is 1. The van der Waals surface area contributed by atoms with Gasteiger partial charge in [-0.3, -0.25) is 0 Å². The van der Waals surface area contributed by atoms with Crippen LogP contribution in [0.25, 0.3) is 11.0 Å². The number of rotatable bonds is 1. The maximum atomic E-state index is 9.52. The van der Waals surface area contributed by atoms with Gasteiger partial charge in [-0.05, 0) is 11.5 Å². The van der Waals surface area contributed by atoms with Gasteiger partial charge in [-0.25, -0.2) is 9.97 Å². The summed E-state index contributed by atoms with van der Waals surface area (Å²) in [5.74, 6) is 0.403. The second kappa shape index (κ2) is 2.73. The summed E-state index contributed by atoms with van der Waals surface area (Å²) in [6.45, 7) is 4.13. The van der Waals surface area contributed by atoms with E-state index in [9.17, 15) is 5.11 Å². The summed E-state index contributed by atoms with van der Waals surface area (Å²) in [6.07, 6.45) is 3.21. The predicted octanol–water partition coefficient (Wildman–Crippen LogP) is 1.79. The molecule has 0 aliphatic heterocycles. The van der Waals surface area contributed by atoms with Gasteiger partial charge in [0.1, 0.15) is 12.0 Å². The largest absolute Gasteiger partial charge is 0.493 e. The van der Waals surface area contributed by atoms with Crippen LogP contribution in [0.3, 0.4) is 0 Å². The van der Waals surface area contributed by atoms with Gasteiger partial charge < -0.3 is 10.1 Å². The zero-order valence-corrected chi connectivity index (χ0v) is 7.57. The molecule has 0 bridgehead atoms. The van der Waals surface area contributed by atoms with Crippen molar-refractivity contribution in [2.75, 3.05) is 0 Å². The van der Waals surface area contributed by atoms with Crippen LogP contribution in [0, 0.1) is 0 Å². The topological polar surface area (TPSA) is 61.8 Å². The first kappa shape index (κ1) is 8.04. The molecule has 2 rings (SSSR count). The van der Waals surface area contributed by atoms with E-state index in [2.05, 4.69) is 28.8 Å². The second-order valence-corrected chi connectivity index (χ2v) is 3.32. The zero-order chi connectivity index (χ0) is 9.42. The molecule has 4 heteroatoms. The van der Waals surface area contributed by atoms with Crippen molar-refractivity contribution < 1.29 is 5.11 Å². The lowest BCUT2D eigenvalue weighted by Gasteiger charge is -2.01. The van der Waals surface area contributed by atoms with Crippen molar-refractivity contribution >= 4 is 11.0 Å². The fourth-order valence-electron chi connectivity index (χ4n) is 1.43. The van der Waals surface area contributed by atoms with Crippen LogP contribution in [0.15, 0.2) is 12.5 Å². The highest BCUT2D eigenvalue weighted by Crippen LogP contribution is 2.28. The summed E-state index contributed by atoms with van der Waals surface area (Å²) < 4.78 is 0. The zero-order valence-electron chi connectivity index (χ0n) is 7.57. The molecule has 0 aromatic carbocycles. The first-order chi connectivity index (χ1) is 6.20. The summed E-state index contributed by atoms with van der Waals surface area (Å²) in [5.41, 5.74) is 1.74. The van der Waals surface area contributed by atoms with E-state index in [0.29, 0.717) is 11.6 Å². The van der Waals surface area contributed by atoms with Gasteiger partial charge in [0.05, 0.1) is 5.39 Å². The third kappa shape index (κ3) is 1.14. The Labute approximate surface area is 75.7 Å². The van der Waals surface area contributed by atoms with Crippen LogP contribution in [-0.2, 0) is 0 Å². The number of fused-ring (bicyclic) bond motifs is 1. The van der Waals surface area contributed by atoms with Crippen molar-refractivity contribution in [3.05, 3.63) is 18.1 Å². The first-order valence-electron chi connectivity index (χ1n) is 4.21. The fraction of sp³-hybridized carbons (Fsp3) is 0.333. The molecule has 68 valence electrons. The van der Waals surface area contributed by atoms with E-state index < -0.39 is 0 Å². The molecular formula is C9H11N3O. The molecule has 0 fully saturated rings. The first-order valence-corrected chi connectivity index (χ1v) is 4.21. The van der Waals surface area contributed by atoms with E-state index in [1.807, 2.05) is 6.20 Å². The molecule has 0 aliphatic rings. The molecule has 0 amide bonds. The number of aromatic hydroxyl groups is 1. The van der Waals surface area contributed by atoms with E-state index >= 15 is 0 Å². The summed E-state index contributed by atoms with van der Waals surface area (Å²) in [6, 6.07) is 0. The molecule has 4 nitrogen and oxygen atoms in total. The number of nitrogens with zero attached hydrogens (tertiary/aromatic N) is 2. The molecule has 2 heterocycles. The molecule has 0 atom stereocenters. The van der Waals surface area contributed by atoms with Gasteiger partial charge in [0, 0.05) is 6.20 Å². The second-order valence-electron chi connectivity index (χ2n) is 3.32. The number of hydrogen-bond acceptors (Lipinski definition) is 3. The third-order valence-corrected chi connectivity index (χ3v) is 2.10. The summed E-state index contributed by atoms with van der Waals surface area (Å²) in [4.78, 5) is 10.8. The highest BCUT2D eigenvalue weighted by Gasteiger charge is 2.11. The summed E-state index contributed by atoms with van der Waals surface area (Å²) in [5, 5.41) is 10.3. The predicted molar refractivity (Wildman–Crippen MR) is 49.6 cm³/mol. The highest BCUT2D eigenvalue weighted by atomic mass is 16.3. The molecule has 2 N–H and O–H groups in total. The van der Waals surface area contributed by atoms with Crippen LogP contribution >= 0.6 is 0 Å². The van der Waals surface area contributed by atoms with Gasteiger partial charge in [-0.2, -0.15) is 0 Å². The van der Waals surface area contributed by atoms with Gasteiger partial charge in [-0.15, -0.1) is 0 Å². The number of aromatic amines is 1. The Bertz CT molecular complexity index is 433. The molecule has 0 spiro atoms. The van der Waals surface area contributed by atoms with E-state index in [0.717, 1.165) is 10.9 Å². The maximum Gasteiger partial charge on any atom is 0.223 e. The molecule has 0 saturated heterocycles. The van der Waals surface area contributed by atoms with Crippen LogP contribution < -0.4 is 0 Å². The molecule has 13 heavy (non-hydrogen) atoms. The Hall–Kier alpha value is -1.58. The van der Waals surface area contributed by atoms with E-state index in [1.54, 1.807) is 0 Å². The Morgan fingerprint density at radius 2 is 2.15 bits per heavy atom. The van der Waals surface area contributed by atoms with Crippen molar-refractivity contribution in [1.82, 2.24) is 15.0 Å². The van der Waals surface area contributed by atoms with Crippen LogP contribution in [0.4, 0.5) is 0 Å². The highest BCUT2D eigenvalue weighted by molar-refractivity contribution is 5.84. The van der Waals surface area contributed by atoms with Gasteiger partial charge in [0.25, 0.3) is 0 Å². The molecule has 0 unspecified atom stereocenters. The van der Waals surface area contributed by atoms with Gasteiger partial charge in [-0.1, -0.05) is 13.8 Å². The standard InChI is InChI=1S/C9H11N3O/c1-5(2)6-3-10-8-7(6)9(13)12-4-11-8/h3-5H,1-2H3,(H2,10,11,12,13). The van der Waals surface area contributed by atoms with Crippen LogP contribution in [0.1, 0.15) is 25.3 Å². The molecule has 2 aromatic heterocycles. The van der Waals surface area contributed by atoms with Crippen LogP contribution in [0.2, 0.25) is 0 Å². The third-order valence-electron chi connectivity index (χ3n) is 2.10. The van der Waals surface area contributed by atoms with Crippen LogP contribution in [-0.4, -0.2) is 20.1 Å². The number of aromatic nitrogens is 3. The SMILES string of the molecule is CC(C)c1c[nH]c2ncnc(O)c12. The summed E-state index contributed by atoms with van der Waals surface area (Å²) in [7, 11) is 0. The fourth-order valence-corrected chi connectivity index (χ4v) is 1.43. The smallest absolute Gasteiger partial charge is 0.223 e. The van der Waals surface area contributed by atoms with Gasteiger partial charge in [0.2, 0.25) is 5.88 Å². The van der Waals surface area contributed by atoms with Crippen LogP contribution in [0.5, 0.6) is 5.88 Å². The minimum absolute atomic E-state index is 0.0509. The Morgan fingerprint density at radius 3 is 2.85 bits per heavy atom. The number of hydrogen-bond donors (Lipinski definition) is 2. The maximum absolute atomic E-state index is 9.52. The van der Waals surface area contributed by atoms with Crippen molar-refractivity contribution in [2.45, 2.75) is 19.8 Å². The van der Waals surface area contributed by atoms with Crippen molar-refractivity contribution in [3.63, 3.8) is 0 Å². The minimum atomic E-state index is 0.0509. The van der Waals surface area contributed by atoms with E-state index in [1.165, 1.54) is 6.33 Å². The monoisotopic (exact) mass is 177 g/mol. The molecule has 0 saturated carbocycles. The van der Waals surface area contributed by atoms with Gasteiger partial charge >= 0.3 is 0 Å². The quantitative estimate of drug-likeness (QED) is 0.698. The van der Waals surface area contributed by atoms with Crippen molar-refractivity contribution in [3.8, 4) is 5.88 Å². The Balaban J connectivity index is 2.79. The van der Waals surface area contributed by atoms with Crippen molar-refractivity contribution in [2.24, 2.45) is 0 Å². The Morgan fingerprint density at radius 1 is 1.38 bits per heavy atom. The van der Waals surface area contributed by atoms with Gasteiger partial charge in [0.15, 0.2) is 0 Å². The van der Waals surface area contributed by atoms with Crippen molar-refractivity contribution in [1.29, 1.82) is 0 Å². The average Bonchev–Trinajstić information content (AvgIpc) is 2.49. The van der Waals surface area contributed by atoms with E-state index in [4.69, 9.17) is 0 Å². The summed E-state index contributed by atoms with van der Waals surface area (Å²) >= 11 is 0. The minimum Gasteiger partial charge on any atom is -0.493 e. The lowest BCUT2D eigenvalue weighted by Crippen LogP contribution is -1.86. The molecular weight excluding hydrogens is 166 g/mol. The normalized spacial score (nSPS) is 11.3. The lowest BCUT2D eigenvalue weighted by atomic mass is 10.0. The Kier molecular flexibility index (Phi) is 1.69. The number of nitrogens with one attached hydrogen (secondary N) is 1. The molecule has 0 radical (unpaired) electrons. The average molecular weight is 177 g/mol.